The largest absolute Gasteiger partial charge is 0.451 e. The molecule has 2 amide bonds. The molecule has 0 atom stereocenters. The van der Waals surface area contributed by atoms with Gasteiger partial charge in [0.15, 0.2) is 18.1 Å². The Morgan fingerprint density at radius 1 is 0.914 bits per heavy atom. The topological polar surface area (TPSA) is 108 Å². The molecule has 3 heterocycles. The minimum atomic E-state index is -0.666. The van der Waals surface area contributed by atoms with Crippen molar-refractivity contribution in [1.29, 1.82) is 0 Å². The number of hydrogen-bond donors (Lipinski definition) is 1. The molecule has 2 saturated heterocycles. The summed E-state index contributed by atoms with van der Waals surface area (Å²) in [6.45, 7) is 7.82. The van der Waals surface area contributed by atoms with Gasteiger partial charge in [-0.25, -0.2) is 4.79 Å². The summed E-state index contributed by atoms with van der Waals surface area (Å²) in [5.74, 6) is -0.260. The highest BCUT2D eigenvalue weighted by Gasteiger charge is 2.24. The molecule has 10 heteroatoms. The minimum absolute atomic E-state index is 0.0760. The maximum absolute atomic E-state index is 12.5. The SMILES string of the molecule is Cc1cccc(C)c1NC(=O)CN1CCN(C(=O)COC(=O)c2ccc(N3CCCC3)nn2)CC1. The number of aryl methyl sites for hydroxylation is 2. The molecule has 2 aromatic rings. The van der Waals surface area contributed by atoms with Gasteiger partial charge in [-0.2, -0.15) is 0 Å². The number of ether oxygens (including phenoxy) is 1. The number of amides is 2. The van der Waals surface area contributed by atoms with Crippen LogP contribution in [0, 0.1) is 13.8 Å². The number of benzene rings is 1. The van der Waals surface area contributed by atoms with Gasteiger partial charge in [0.1, 0.15) is 0 Å². The van der Waals surface area contributed by atoms with Crippen LogP contribution < -0.4 is 10.2 Å². The quantitative estimate of drug-likeness (QED) is 0.596. The van der Waals surface area contributed by atoms with Gasteiger partial charge in [-0.3, -0.25) is 14.5 Å². The van der Waals surface area contributed by atoms with Crippen LogP contribution in [0.15, 0.2) is 30.3 Å². The summed E-state index contributed by atoms with van der Waals surface area (Å²) in [7, 11) is 0. The zero-order chi connectivity index (χ0) is 24.8. The normalized spacial score (nSPS) is 16.3. The van der Waals surface area contributed by atoms with E-state index in [1.165, 1.54) is 0 Å². The number of piperazine rings is 1. The third-order valence-electron chi connectivity index (χ3n) is 6.45. The molecule has 1 aromatic heterocycles. The van der Waals surface area contributed by atoms with Crippen molar-refractivity contribution in [3.05, 3.63) is 47.2 Å². The molecule has 186 valence electrons. The lowest BCUT2D eigenvalue weighted by molar-refractivity contribution is -0.136. The molecule has 0 radical (unpaired) electrons. The third-order valence-corrected chi connectivity index (χ3v) is 6.45. The molecule has 0 unspecified atom stereocenters. The van der Waals surface area contributed by atoms with E-state index in [0.29, 0.717) is 26.2 Å². The Hall–Kier alpha value is -3.53. The van der Waals surface area contributed by atoms with E-state index in [2.05, 4.69) is 20.4 Å². The first-order valence-corrected chi connectivity index (χ1v) is 12.0. The zero-order valence-corrected chi connectivity index (χ0v) is 20.3. The average molecular weight is 481 g/mol. The van der Waals surface area contributed by atoms with Crippen LogP contribution in [0.4, 0.5) is 11.5 Å². The van der Waals surface area contributed by atoms with E-state index in [4.69, 9.17) is 4.74 Å². The lowest BCUT2D eigenvalue weighted by Gasteiger charge is -2.34. The predicted octanol–water partition coefficient (Wildman–Crippen LogP) is 1.63. The number of nitrogens with zero attached hydrogens (tertiary/aromatic N) is 5. The van der Waals surface area contributed by atoms with Crippen molar-refractivity contribution >= 4 is 29.3 Å². The highest BCUT2D eigenvalue weighted by atomic mass is 16.5. The summed E-state index contributed by atoms with van der Waals surface area (Å²) >= 11 is 0. The summed E-state index contributed by atoms with van der Waals surface area (Å²) in [6, 6.07) is 9.24. The molecule has 35 heavy (non-hydrogen) atoms. The van der Waals surface area contributed by atoms with E-state index in [-0.39, 0.29) is 30.7 Å². The summed E-state index contributed by atoms with van der Waals surface area (Å²) in [5, 5.41) is 11.1. The van der Waals surface area contributed by atoms with Crippen molar-refractivity contribution in [3.8, 4) is 0 Å². The monoisotopic (exact) mass is 480 g/mol. The maximum atomic E-state index is 12.5. The van der Waals surface area contributed by atoms with Gasteiger partial charge in [0.05, 0.1) is 6.54 Å². The van der Waals surface area contributed by atoms with Gasteiger partial charge >= 0.3 is 5.97 Å². The fourth-order valence-electron chi connectivity index (χ4n) is 4.39. The number of carbonyl (C=O) groups excluding carboxylic acids is 3. The van der Waals surface area contributed by atoms with Crippen LogP contribution in [-0.4, -0.2) is 90.2 Å². The van der Waals surface area contributed by atoms with Crippen LogP contribution in [-0.2, 0) is 14.3 Å². The molecule has 0 bridgehead atoms. The van der Waals surface area contributed by atoms with Crippen LogP contribution in [0.5, 0.6) is 0 Å². The number of nitrogens with one attached hydrogen (secondary N) is 1. The number of para-hydroxylation sites is 1. The fraction of sp³-hybridized carbons (Fsp3) is 0.480. The Bertz CT molecular complexity index is 1040. The Morgan fingerprint density at radius 3 is 2.23 bits per heavy atom. The molecule has 1 N–H and O–H groups in total. The van der Waals surface area contributed by atoms with Crippen LogP contribution >= 0.6 is 0 Å². The lowest BCUT2D eigenvalue weighted by Crippen LogP contribution is -2.51. The first-order chi connectivity index (χ1) is 16.9. The van der Waals surface area contributed by atoms with Crippen molar-refractivity contribution in [2.24, 2.45) is 0 Å². The van der Waals surface area contributed by atoms with E-state index < -0.39 is 5.97 Å². The smallest absolute Gasteiger partial charge is 0.359 e. The summed E-state index contributed by atoms with van der Waals surface area (Å²) in [5.41, 5.74) is 2.98. The molecule has 1 aromatic carbocycles. The Labute approximate surface area is 205 Å². The van der Waals surface area contributed by atoms with Gasteiger partial charge in [-0.15, -0.1) is 10.2 Å². The molecule has 10 nitrogen and oxygen atoms in total. The second-order valence-corrected chi connectivity index (χ2v) is 9.02. The van der Waals surface area contributed by atoms with Crippen molar-refractivity contribution in [2.75, 3.05) is 62.6 Å². The van der Waals surface area contributed by atoms with E-state index in [9.17, 15) is 14.4 Å². The number of aromatic nitrogens is 2. The van der Waals surface area contributed by atoms with E-state index in [1.54, 1.807) is 17.0 Å². The van der Waals surface area contributed by atoms with Gasteiger partial charge < -0.3 is 19.9 Å². The molecule has 2 aliphatic heterocycles. The Morgan fingerprint density at radius 2 is 1.60 bits per heavy atom. The van der Waals surface area contributed by atoms with Gasteiger partial charge in [0.25, 0.3) is 5.91 Å². The first kappa shape index (κ1) is 24.6. The number of hydrogen-bond acceptors (Lipinski definition) is 8. The van der Waals surface area contributed by atoms with Crippen LogP contribution in [0.25, 0.3) is 0 Å². The number of esters is 1. The molecule has 0 saturated carbocycles. The summed E-state index contributed by atoms with van der Waals surface area (Å²) in [4.78, 5) is 43.1. The minimum Gasteiger partial charge on any atom is -0.451 e. The van der Waals surface area contributed by atoms with Gasteiger partial charge in [-0.1, -0.05) is 18.2 Å². The lowest BCUT2D eigenvalue weighted by atomic mass is 10.1. The van der Waals surface area contributed by atoms with Crippen molar-refractivity contribution in [2.45, 2.75) is 26.7 Å². The van der Waals surface area contributed by atoms with Gasteiger partial charge in [0, 0.05) is 45.0 Å². The fourth-order valence-corrected chi connectivity index (χ4v) is 4.39. The molecule has 0 aliphatic carbocycles. The molecular formula is C25H32N6O4. The van der Waals surface area contributed by atoms with E-state index in [0.717, 1.165) is 48.6 Å². The molecule has 4 rings (SSSR count). The van der Waals surface area contributed by atoms with Crippen molar-refractivity contribution in [3.63, 3.8) is 0 Å². The van der Waals surface area contributed by atoms with Gasteiger partial charge in [-0.05, 0) is 49.9 Å². The van der Waals surface area contributed by atoms with Gasteiger partial charge in [0.2, 0.25) is 5.91 Å². The highest BCUT2D eigenvalue weighted by Crippen LogP contribution is 2.19. The molecule has 2 aliphatic rings. The van der Waals surface area contributed by atoms with Crippen LogP contribution in [0.1, 0.15) is 34.5 Å². The zero-order valence-electron chi connectivity index (χ0n) is 20.3. The van der Waals surface area contributed by atoms with Crippen molar-refractivity contribution in [1.82, 2.24) is 20.0 Å². The summed E-state index contributed by atoms with van der Waals surface area (Å²) < 4.78 is 5.16. The molecule has 2 fully saturated rings. The molecule has 0 spiro atoms. The number of carbonyl (C=O) groups is 3. The highest BCUT2D eigenvalue weighted by molar-refractivity contribution is 5.93. The third kappa shape index (κ3) is 6.33. The number of anilines is 2. The Balaban J connectivity index is 1.18. The first-order valence-electron chi connectivity index (χ1n) is 12.0. The number of rotatable bonds is 7. The maximum Gasteiger partial charge on any atom is 0.359 e. The Kier molecular flexibility index (Phi) is 7.91. The second kappa shape index (κ2) is 11.3. The standard InChI is InChI=1S/C25H32N6O4/c1-18-6-5-7-19(2)24(18)26-22(32)16-29-12-14-31(15-13-29)23(33)17-35-25(34)20-8-9-21(28-27-20)30-10-3-4-11-30/h5-9H,3-4,10-17H2,1-2H3,(H,26,32). The van der Waals surface area contributed by atoms with E-state index in [1.807, 2.05) is 36.9 Å². The van der Waals surface area contributed by atoms with Crippen molar-refractivity contribution < 1.29 is 19.1 Å². The molecular weight excluding hydrogens is 448 g/mol. The average Bonchev–Trinajstić information content (AvgIpc) is 3.40. The van der Waals surface area contributed by atoms with Crippen LogP contribution in [0.3, 0.4) is 0 Å². The summed E-state index contributed by atoms with van der Waals surface area (Å²) in [6.07, 6.45) is 2.25. The van der Waals surface area contributed by atoms with Crippen LogP contribution in [0.2, 0.25) is 0 Å². The predicted molar refractivity (Wildman–Crippen MR) is 131 cm³/mol. The van der Waals surface area contributed by atoms with E-state index >= 15 is 0 Å². The second-order valence-electron chi connectivity index (χ2n) is 9.02.